The van der Waals surface area contributed by atoms with E-state index in [-0.39, 0.29) is 24.0 Å². The lowest BCUT2D eigenvalue weighted by Crippen LogP contribution is -2.06. The van der Waals surface area contributed by atoms with Gasteiger partial charge >= 0.3 is 5.97 Å². The summed E-state index contributed by atoms with van der Waals surface area (Å²) in [4.78, 5) is 21.6. The Bertz CT molecular complexity index is 477. The third-order valence-electron chi connectivity index (χ3n) is 2.70. The van der Waals surface area contributed by atoms with Gasteiger partial charge < -0.3 is 16.2 Å². The normalized spacial score (nSPS) is 10.2. The fraction of sp³-hybridized carbons (Fsp3) is 0.462. The predicted molar refractivity (Wildman–Crippen MR) is 74.8 cm³/mol. The van der Waals surface area contributed by atoms with E-state index in [1.54, 1.807) is 6.07 Å². The molecular weight excluding hydrogens is 262 g/mol. The van der Waals surface area contributed by atoms with E-state index in [1.165, 1.54) is 12.1 Å². The highest BCUT2D eigenvalue weighted by Gasteiger charge is 2.10. The van der Waals surface area contributed by atoms with Crippen LogP contribution in [0.15, 0.2) is 18.2 Å². The quantitative estimate of drug-likeness (QED) is 0.246. The standard InChI is InChI=1S/C13H19N3O4/c14-5-3-1-2-4-13(17)20-9-10-6-11(15)8-12(7-10)16(18)19/h6-8H,1-5,9,14-15H2. The molecule has 0 aromatic heterocycles. The van der Waals surface area contributed by atoms with Gasteiger partial charge in [0.2, 0.25) is 0 Å². The van der Waals surface area contributed by atoms with Crippen LogP contribution < -0.4 is 11.5 Å². The fourth-order valence-electron chi connectivity index (χ4n) is 1.71. The minimum Gasteiger partial charge on any atom is -0.461 e. The van der Waals surface area contributed by atoms with Gasteiger partial charge in [-0.15, -0.1) is 0 Å². The second-order valence-corrected chi connectivity index (χ2v) is 4.45. The zero-order chi connectivity index (χ0) is 15.0. The molecular formula is C13H19N3O4. The molecule has 0 unspecified atom stereocenters. The van der Waals surface area contributed by atoms with E-state index >= 15 is 0 Å². The number of benzene rings is 1. The van der Waals surface area contributed by atoms with Gasteiger partial charge in [-0.1, -0.05) is 6.42 Å². The van der Waals surface area contributed by atoms with E-state index in [0.29, 0.717) is 18.5 Å². The first-order valence-electron chi connectivity index (χ1n) is 6.42. The third kappa shape index (κ3) is 5.66. The molecule has 0 aliphatic carbocycles. The van der Waals surface area contributed by atoms with Gasteiger partial charge in [-0.05, 0) is 31.0 Å². The summed E-state index contributed by atoms with van der Waals surface area (Å²) in [5.74, 6) is -0.327. The average molecular weight is 281 g/mol. The van der Waals surface area contributed by atoms with Gasteiger partial charge in [-0.25, -0.2) is 0 Å². The molecule has 0 saturated carbocycles. The highest BCUT2D eigenvalue weighted by atomic mass is 16.6. The second kappa shape index (κ2) is 8.11. The van der Waals surface area contributed by atoms with Crippen LogP contribution in [0.3, 0.4) is 0 Å². The Labute approximate surface area is 117 Å². The van der Waals surface area contributed by atoms with Gasteiger partial charge in [0, 0.05) is 24.2 Å². The lowest BCUT2D eigenvalue weighted by atomic mass is 10.2. The number of non-ortho nitro benzene ring substituents is 1. The summed E-state index contributed by atoms with van der Waals surface area (Å²) in [5.41, 5.74) is 11.6. The van der Waals surface area contributed by atoms with E-state index in [4.69, 9.17) is 16.2 Å². The third-order valence-corrected chi connectivity index (χ3v) is 2.70. The van der Waals surface area contributed by atoms with Crippen molar-refractivity contribution in [1.82, 2.24) is 0 Å². The molecule has 0 bridgehead atoms. The van der Waals surface area contributed by atoms with Crippen LogP contribution in [-0.2, 0) is 16.1 Å². The van der Waals surface area contributed by atoms with Crippen molar-refractivity contribution in [3.63, 3.8) is 0 Å². The monoisotopic (exact) mass is 281 g/mol. The second-order valence-electron chi connectivity index (χ2n) is 4.45. The SMILES string of the molecule is NCCCCCC(=O)OCc1cc(N)cc([N+](=O)[O-])c1. The summed E-state index contributed by atoms with van der Waals surface area (Å²) >= 11 is 0. The number of ether oxygens (including phenoxy) is 1. The van der Waals surface area contributed by atoms with Crippen LogP contribution in [0.1, 0.15) is 31.2 Å². The topological polar surface area (TPSA) is 121 Å². The number of nitrogens with two attached hydrogens (primary N) is 2. The zero-order valence-corrected chi connectivity index (χ0v) is 11.2. The number of nitro benzene ring substituents is 1. The number of nitro groups is 1. The molecule has 7 nitrogen and oxygen atoms in total. The highest BCUT2D eigenvalue weighted by molar-refractivity contribution is 5.69. The minimum atomic E-state index is -0.533. The summed E-state index contributed by atoms with van der Waals surface area (Å²) < 4.78 is 5.05. The van der Waals surface area contributed by atoms with E-state index in [2.05, 4.69) is 0 Å². The van der Waals surface area contributed by atoms with Crippen LogP contribution in [0.25, 0.3) is 0 Å². The van der Waals surface area contributed by atoms with Crippen LogP contribution >= 0.6 is 0 Å². The zero-order valence-electron chi connectivity index (χ0n) is 11.2. The molecule has 110 valence electrons. The van der Waals surface area contributed by atoms with Crippen LogP contribution in [0, 0.1) is 10.1 Å². The number of carbonyl (C=O) groups is 1. The van der Waals surface area contributed by atoms with Crippen molar-refractivity contribution in [2.75, 3.05) is 12.3 Å². The van der Waals surface area contributed by atoms with Gasteiger partial charge in [0.1, 0.15) is 6.61 Å². The van der Waals surface area contributed by atoms with E-state index < -0.39 is 4.92 Å². The van der Waals surface area contributed by atoms with Gasteiger partial charge in [-0.2, -0.15) is 0 Å². The Hall–Kier alpha value is -2.15. The molecule has 0 atom stereocenters. The summed E-state index contributed by atoms with van der Waals surface area (Å²) in [7, 11) is 0. The Kier molecular flexibility index (Phi) is 6.45. The molecule has 4 N–H and O–H groups in total. The van der Waals surface area contributed by atoms with Crippen molar-refractivity contribution in [3.05, 3.63) is 33.9 Å². The number of hydrogen-bond donors (Lipinski definition) is 2. The molecule has 1 rings (SSSR count). The first-order chi connectivity index (χ1) is 9.52. The predicted octanol–water partition coefficient (Wildman–Crippen LogP) is 1.74. The Balaban J connectivity index is 2.45. The lowest BCUT2D eigenvalue weighted by molar-refractivity contribution is -0.384. The Morgan fingerprint density at radius 3 is 2.65 bits per heavy atom. The summed E-state index contributed by atoms with van der Waals surface area (Å²) in [6, 6.07) is 4.16. The summed E-state index contributed by atoms with van der Waals surface area (Å²) in [6.07, 6.45) is 2.82. The van der Waals surface area contributed by atoms with Crippen molar-refractivity contribution >= 4 is 17.3 Å². The summed E-state index contributed by atoms with van der Waals surface area (Å²) in [6.45, 7) is 0.601. The van der Waals surface area contributed by atoms with E-state index in [1.807, 2.05) is 0 Å². The molecule has 0 aliphatic rings. The minimum absolute atomic E-state index is 0.0123. The number of esters is 1. The van der Waals surface area contributed by atoms with Gasteiger partial charge in [0.25, 0.3) is 5.69 Å². The highest BCUT2D eigenvalue weighted by Crippen LogP contribution is 2.19. The number of hydrogen-bond acceptors (Lipinski definition) is 6. The van der Waals surface area contributed by atoms with Crippen molar-refractivity contribution in [2.45, 2.75) is 32.3 Å². The number of nitrogens with zero attached hydrogens (tertiary/aromatic N) is 1. The molecule has 1 aromatic carbocycles. The van der Waals surface area contributed by atoms with Gasteiger partial charge in [0.15, 0.2) is 0 Å². The van der Waals surface area contributed by atoms with Crippen LogP contribution in [0.5, 0.6) is 0 Å². The van der Waals surface area contributed by atoms with E-state index in [0.717, 1.165) is 19.3 Å². The number of carbonyl (C=O) groups excluding carboxylic acids is 1. The number of anilines is 1. The number of rotatable bonds is 8. The molecule has 0 amide bonds. The first kappa shape index (κ1) is 15.9. The fourth-order valence-corrected chi connectivity index (χ4v) is 1.71. The van der Waals surface area contributed by atoms with Crippen LogP contribution in [0.4, 0.5) is 11.4 Å². The Morgan fingerprint density at radius 1 is 1.25 bits per heavy atom. The van der Waals surface area contributed by atoms with Crippen molar-refractivity contribution in [2.24, 2.45) is 5.73 Å². The maximum Gasteiger partial charge on any atom is 0.306 e. The number of nitrogen functional groups attached to an aromatic ring is 1. The van der Waals surface area contributed by atoms with E-state index in [9.17, 15) is 14.9 Å². The molecule has 7 heteroatoms. The van der Waals surface area contributed by atoms with Gasteiger partial charge in [-0.3, -0.25) is 14.9 Å². The maximum absolute atomic E-state index is 11.5. The van der Waals surface area contributed by atoms with Crippen LogP contribution in [0.2, 0.25) is 0 Å². The molecule has 0 radical (unpaired) electrons. The smallest absolute Gasteiger partial charge is 0.306 e. The lowest BCUT2D eigenvalue weighted by Gasteiger charge is -2.06. The molecule has 0 fully saturated rings. The first-order valence-corrected chi connectivity index (χ1v) is 6.42. The number of unbranched alkanes of at least 4 members (excludes halogenated alkanes) is 2. The van der Waals surface area contributed by atoms with Crippen molar-refractivity contribution in [1.29, 1.82) is 0 Å². The molecule has 0 saturated heterocycles. The molecule has 0 heterocycles. The average Bonchev–Trinajstić information content (AvgIpc) is 2.40. The van der Waals surface area contributed by atoms with Crippen LogP contribution in [-0.4, -0.2) is 17.4 Å². The molecule has 0 spiro atoms. The summed E-state index contributed by atoms with van der Waals surface area (Å²) in [5, 5.41) is 10.7. The molecule has 0 aliphatic heterocycles. The molecule has 20 heavy (non-hydrogen) atoms. The molecule has 1 aromatic rings. The maximum atomic E-state index is 11.5. The van der Waals surface area contributed by atoms with Crippen molar-refractivity contribution < 1.29 is 14.5 Å². The largest absolute Gasteiger partial charge is 0.461 e. The van der Waals surface area contributed by atoms with Gasteiger partial charge in [0.05, 0.1) is 4.92 Å². The Morgan fingerprint density at radius 2 is 2.00 bits per heavy atom. The van der Waals surface area contributed by atoms with Crippen molar-refractivity contribution in [3.8, 4) is 0 Å².